The maximum Gasteiger partial charge on any atom is 0.127 e. The molecule has 4 aromatic carbocycles. The molecule has 7 heteroatoms. The summed E-state index contributed by atoms with van der Waals surface area (Å²) in [5, 5.41) is 18.4. The Labute approximate surface area is 234 Å². The van der Waals surface area contributed by atoms with Crippen LogP contribution in [0.25, 0.3) is 0 Å². The number of para-hydroxylation sites is 1. The molecule has 0 radical (unpaired) electrons. The molecule has 1 N–H and O–H groups in total. The molecule has 192 valence electrons. The highest BCUT2D eigenvalue weighted by molar-refractivity contribution is 5.85. The summed E-state index contributed by atoms with van der Waals surface area (Å²) in [4.78, 5) is 9.92. The summed E-state index contributed by atoms with van der Waals surface area (Å²) in [7, 11) is 0. The van der Waals surface area contributed by atoms with Gasteiger partial charge in [-0.2, -0.15) is 10.5 Å². The van der Waals surface area contributed by atoms with Crippen LogP contribution in [0.3, 0.4) is 0 Å². The van der Waals surface area contributed by atoms with Crippen LogP contribution < -0.4 is 9.64 Å². The van der Waals surface area contributed by atoms with E-state index >= 15 is 0 Å². The molecule has 1 unspecified atom stereocenters. The zero-order valence-corrected chi connectivity index (χ0v) is 21.9. The third kappa shape index (κ3) is 6.84. The van der Waals surface area contributed by atoms with Gasteiger partial charge in [0.05, 0.1) is 47.5 Å². The number of nitrogens with zero attached hydrogens (tertiary/aromatic N) is 4. The Bertz CT molecular complexity index is 1540. The van der Waals surface area contributed by atoms with Gasteiger partial charge >= 0.3 is 0 Å². The number of anilines is 1. The van der Waals surface area contributed by atoms with Gasteiger partial charge in [0.15, 0.2) is 0 Å². The van der Waals surface area contributed by atoms with Crippen LogP contribution in [0.4, 0.5) is 5.69 Å². The predicted octanol–water partition coefficient (Wildman–Crippen LogP) is 7.36. The minimum atomic E-state index is -0.0676. The topological polar surface area (TPSA) is 88.7 Å². The number of H-pyrrole nitrogens is 1. The van der Waals surface area contributed by atoms with Gasteiger partial charge in [-0.3, -0.25) is 0 Å². The summed E-state index contributed by atoms with van der Waals surface area (Å²) in [5.74, 6) is 1.54. The molecule has 1 atom stereocenters. The second-order valence-corrected chi connectivity index (χ2v) is 8.88. The Hall–Kier alpha value is -5.04. The Morgan fingerprint density at radius 3 is 1.90 bits per heavy atom. The SMILES string of the molecule is Cl.N#Cc1ccc(CC(c2cnc[nH]2)N(Cc2ccc(C#N)cc2)c2ccc(Oc3ccccc3)cc2)cc1. The standard InChI is InChI=1S/C32H25N5O.ClH/c33-19-25-8-6-24(7-9-25)18-32(31-21-35-23-36-31)37(22-27-12-10-26(20-34)11-13-27)28-14-16-30(17-15-28)38-29-4-2-1-3-5-29;/h1-17,21,23,32H,18,22H2,(H,35,36);1H. The number of halogens is 1. The number of imidazole rings is 1. The van der Waals surface area contributed by atoms with Crippen molar-refractivity contribution in [2.75, 3.05) is 4.90 Å². The predicted molar refractivity (Wildman–Crippen MR) is 154 cm³/mol. The van der Waals surface area contributed by atoms with Crippen LogP contribution in [-0.2, 0) is 13.0 Å². The first kappa shape index (κ1) is 27.0. The average molecular weight is 532 g/mol. The zero-order chi connectivity index (χ0) is 26.2. The highest BCUT2D eigenvalue weighted by Crippen LogP contribution is 2.33. The first-order chi connectivity index (χ1) is 18.7. The summed E-state index contributed by atoms with van der Waals surface area (Å²) in [6.07, 6.45) is 4.25. The lowest BCUT2D eigenvalue weighted by molar-refractivity contribution is 0.482. The highest BCUT2D eigenvalue weighted by atomic mass is 35.5. The van der Waals surface area contributed by atoms with Crippen LogP contribution in [0.5, 0.6) is 11.5 Å². The lowest BCUT2D eigenvalue weighted by atomic mass is 9.99. The smallest absolute Gasteiger partial charge is 0.127 e. The van der Waals surface area contributed by atoms with Gasteiger partial charge in [-0.1, -0.05) is 42.5 Å². The highest BCUT2D eigenvalue weighted by Gasteiger charge is 2.23. The third-order valence-electron chi connectivity index (χ3n) is 6.35. The van der Waals surface area contributed by atoms with Crippen LogP contribution >= 0.6 is 12.4 Å². The molecule has 0 aliphatic rings. The number of aromatic nitrogens is 2. The van der Waals surface area contributed by atoms with E-state index in [2.05, 4.69) is 39.1 Å². The number of hydrogen-bond acceptors (Lipinski definition) is 5. The normalized spacial score (nSPS) is 10.9. The fraction of sp³-hybridized carbons (Fsp3) is 0.0938. The van der Waals surface area contributed by atoms with E-state index in [-0.39, 0.29) is 18.4 Å². The minimum absolute atomic E-state index is 0. The molecule has 0 aliphatic carbocycles. The van der Waals surface area contributed by atoms with E-state index in [1.54, 1.807) is 6.33 Å². The minimum Gasteiger partial charge on any atom is -0.457 e. The molecule has 5 aromatic rings. The number of hydrogen-bond donors (Lipinski definition) is 1. The summed E-state index contributed by atoms with van der Waals surface area (Å²) >= 11 is 0. The fourth-order valence-corrected chi connectivity index (χ4v) is 4.37. The summed E-state index contributed by atoms with van der Waals surface area (Å²) in [6.45, 7) is 0.616. The van der Waals surface area contributed by atoms with Crippen molar-refractivity contribution in [3.8, 4) is 23.6 Å². The molecule has 0 saturated carbocycles. The van der Waals surface area contributed by atoms with Gasteiger partial charge in [-0.05, 0) is 78.2 Å². The molecule has 1 aromatic heterocycles. The number of benzene rings is 4. The molecule has 6 nitrogen and oxygen atoms in total. The number of rotatable bonds is 9. The van der Waals surface area contributed by atoms with Gasteiger partial charge in [0.2, 0.25) is 0 Å². The quantitative estimate of drug-likeness (QED) is 0.215. The monoisotopic (exact) mass is 531 g/mol. The van der Waals surface area contributed by atoms with Crippen molar-refractivity contribution in [2.45, 2.75) is 19.0 Å². The van der Waals surface area contributed by atoms with Crippen molar-refractivity contribution in [1.82, 2.24) is 9.97 Å². The van der Waals surface area contributed by atoms with E-state index in [1.165, 1.54) is 0 Å². The van der Waals surface area contributed by atoms with Gasteiger partial charge in [0.25, 0.3) is 0 Å². The van der Waals surface area contributed by atoms with Crippen LogP contribution in [0, 0.1) is 22.7 Å². The number of nitriles is 2. The van der Waals surface area contributed by atoms with Crippen LogP contribution in [0.1, 0.15) is 34.0 Å². The van der Waals surface area contributed by atoms with Crippen LogP contribution in [0.15, 0.2) is 116 Å². The second-order valence-electron chi connectivity index (χ2n) is 8.88. The Balaban J connectivity index is 0.00000353. The molecule has 5 rings (SSSR count). The van der Waals surface area contributed by atoms with Crippen molar-refractivity contribution < 1.29 is 4.74 Å². The molecule has 0 fully saturated rings. The van der Waals surface area contributed by atoms with E-state index in [0.717, 1.165) is 34.0 Å². The van der Waals surface area contributed by atoms with Gasteiger partial charge in [0.1, 0.15) is 11.5 Å². The first-order valence-electron chi connectivity index (χ1n) is 12.3. The molecule has 0 aliphatic heterocycles. The van der Waals surface area contributed by atoms with Gasteiger partial charge in [-0.15, -0.1) is 12.4 Å². The van der Waals surface area contributed by atoms with E-state index in [1.807, 2.05) is 97.2 Å². The van der Waals surface area contributed by atoms with Crippen molar-refractivity contribution in [3.63, 3.8) is 0 Å². The van der Waals surface area contributed by atoms with Crippen molar-refractivity contribution in [2.24, 2.45) is 0 Å². The fourth-order valence-electron chi connectivity index (χ4n) is 4.37. The van der Waals surface area contributed by atoms with Crippen molar-refractivity contribution >= 4 is 18.1 Å². The van der Waals surface area contributed by atoms with Gasteiger partial charge in [0, 0.05) is 12.2 Å². The summed E-state index contributed by atoms with van der Waals surface area (Å²) in [6, 6.07) is 37.4. The van der Waals surface area contributed by atoms with Gasteiger partial charge in [-0.25, -0.2) is 4.98 Å². The van der Waals surface area contributed by atoms with E-state index in [0.29, 0.717) is 24.1 Å². The molecule has 0 spiro atoms. The molecule has 0 amide bonds. The van der Waals surface area contributed by atoms with Crippen molar-refractivity contribution in [3.05, 3.63) is 144 Å². The maximum atomic E-state index is 9.23. The molecular formula is C32H26ClN5O. The lowest BCUT2D eigenvalue weighted by Gasteiger charge is -2.34. The number of ether oxygens (including phenoxy) is 1. The molecule has 39 heavy (non-hydrogen) atoms. The lowest BCUT2D eigenvalue weighted by Crippen LogP contribution is -2.30. The van der Waals surface area contributed by atoms with E-state index in [9.17, 15) is 10.5 Å². The van der Waals surface area contributed by atoms with Crippen molar-refractivity contribution in [1.29, 1.82) is 10.5 Å². The van der Waals surface area contributed by atoms with Gasteiger partial charge < -0.3 is 14.6 Å². The number of aromatic amines is 1. The first-order valence-corrected chi connectivity index (χ1v) is 12.3. The van der Waals surface area contributed by atoms with E-state index < -0.39 is 0 Å². The summed E-state index contributed by atoms with van der Waals surface area (Å²) < 4.78 is 6.02. The molecule has 1 heterocycles. The Morgan fingerprint density at radius 1 is 0.744 bits per heavy atom. The zero-order valence-electron chi connectivity index (χ0n) is 21.1. The average Bonchev–Trinajstić information content (AvgIpc) is 3.52. The Morgan fingerprint density at radius 2 is 1.33 bits per heavy atom. The maximum absolute atomic E-state index is 9.23. The largest absolute Gasteiger partial charge is 0.457 e. The third-order valence-corrected chi connectivity index (χ3v) is 6.35. The molecular weight excluding hydrogens is 506 g/mol. The Kier molecular flexibility index (Phi) is 8.98. The number of nitrogens with one attached hydrogen (secondary N) is 1. The van der Waals surface area contributed by atoms with Crippen LogP contribution in [0.2, 0.25) is 0 Å². The summed E-state index contributed by atoms with van der Waals surface area (Å²) in [5.41, 5.74) is 5.45. The molecule has 0 bridgehead atoms. The molecule has 0 saturated heterocycles. The van der Waals surface area contributed by atoms with Crippen LogP contribution in [-0.4, -0.2) is 9.97 Å². The van der Waals surface area contributed by atoms with E-state index in [4.69, 9.17) is 4.74 Å². The second kappa shape index (κ2) is 13.0.